The van der Waals surface area contributed by atoms with E-state index in [9.17, 15) is 9.59 Å². The van der Waals surface area contributed by atoms with E-state index in [-0.39, 0.29) is 33.6 Å². The topological polar surface area (TPSA) is 55.8 Å². The van der Waals surface area contributed by atoms with Gasteiger partial charge >= 0.3 is 5.97 Å². The Kier molecular flexibility index (Phi) is 6.34. The number of allylic oxidation sites excluding steroid dienone is 1. The van der Waals surface area contributed by atoms with Gasteiger partial charge in [0.2, 0.25) is 0 Å². The maximum Gasteiger partial charge on any atom is 0.315 e. The smallest absolute Gasteiger partial charge is 0.315 e. The molecule has 1 aromatic rings. The molecule has 1 saturated heterocycles. The van der Waals surface area contributed by atoms with E-state index in [1.54, 1.807) is 37.4 Å². The van der Waals surface area contributed by atoms with Crippen molar-refractivity contribution >= 4 is 69.5 Å². The summed E-state index contributed by atoms with van der Waals surface area (Å²) in [4.78, 5) is 26.8. The summed E-state index contributed by atoms with van der Waals surface area (Å²) in [6.45, 7) is 3.92. The van der Waals surface area contributed by atoms with Gasteiger partial charge in [0, 0.05) is 7.05 Å². The van der Waals surface area contributed by atoms with Crippen LogP contribution in [-0.4, -0.2) is 35.3 Å². The Morgan fingerprint density at radius 1 is 1.31 bits per heavy atom. The molecule has 29 heavy (non-hydrogen) atoms. The fourth-order valence-electron chi connectivity index (χ4n) is 3.30. The first-order valence-corrected chi connectivity index (χ1v) is 10.7. The van der Waals surface area contributed by atoms with Crippen molar-refractivity contribution in [1.82, 2.24) is 4.90 Å². The standard InChI is InChI=1S/C20H19Cl2NO4S2/c1-20(2)11(9-15(21)22)16(20)18(25)27-12-6-5-10(7-13(12)26-4)8-14-17(24)23(3)19(28)29-14/h5-9,11,16H,1-4H3. The van der Waals surface area contributed by atoms with Crippen LogP contribution in [0.5, 0.6) is 11.5 Å². The molecule has 0 bridgehead atoms. The number of halogens is 2. The van der Waals surface area contributed by atoms with Crippen LogP contribution in [0, 0.1) is 17.3 Å². The highest BCUT2D eigenvalue weighted by Gasteiger charge is 2.61. The minimum atomic E-state index is -0.372. The molecule has 2 atom stereocenters. The first-order chi connectivity index (χ1) is 13.6. The van der Waals surface area contributed by atoms with Gasteiger partial charge in [-0.3, -0.25) is 14.5 Å². The van der Waals surface area contributed by atoms with Crippen molar-refractivity contribution in [3.8, 4) is 11.5 Å². The number of hydrogen-bond donors (Lipinski definition) is 0. The number of likely N-dealkylation sites (N-methyl/N-ethyl adjacent to an activating group) is 1. The first-order valence-electron chi connectivity index (χ1n) is 8.70. The molecule has 0 aromatic heterocycles. The third kappa shape index (κ3) is 4.48. The van der Waals surface area contributed by atoms with E-state index in [0.717, 1.165) is 5.56 Å². The molecule has 1 aliphatic heterocycles. The van der Waals surface area contributed by atoms with Gasteiger partial charge in [0.05, 0.1) is 17.9 Å². The lowest BCUT2D eigenvalue weighted by Gasteiger charge is -2.11. The van der Waals surface area contributed by atoms with Crippen molar-refractivity contribution < 1.29 is 19.1 Å². The van der Waals surface area contributed by atoms with E-state index in [4.69, 9.17) is 44.9 Å². The minimum Gasteiger partial charge on any atom is -0.493 e. The van der Waals surface area contributed by atoms with Crippen LogP contribution in [0.25, 0.3) is 6.08 Å². The summed E-state index contributed by atoms with van der Waals surface area (Å²) in [6.07, 6.45) is 3.39. The second-order valence-corrected chi connectivity index (χ2v) is 10.0. The van der Waals surface area contributed by atoms with Gasteiger partial charge < -0.3 is 9.47 Å². The Hall–Kier alpha value is -1.54. The lowest BCUT2D eigenvalue weighted by molar-refractivity contribution is -0.136. The molecular weight excluding hydrogens is 453 g/mol. The highest BCUT2D eigenvalue weighted by atomic mass is 35.5. The molecular formula is C20H19Cl2NO4S2. The Bertz CT molecular complexity index is 954. The molecule has 1 aromatic carbocycles. The van der Waals surface area contributed by atoms with E-state index < -0.39 is 0 Å². The molecule has 1 heterocycles. The molecule has 5 nitrogen and oxygen atoms in total. The summed E-state index contributed by atoms with van der Waals surface area (Å²) in [7, 11) is 3.13. The largest absolute Gasteiger partial charge is 0.493 e. The van der Waals surface area contributed by atoms with E-state index in [1.807, 2.05) is 13.8 Å². The molecule has 2 unspecified atom stereocenters. The molecule has 2 fully saturated rings. The number of nitrogens with zero attached hydrogens (tertiary/aromatic N) is 1. The Labute approximate surface area is 189 Å². The van der Waals surface area contributed by atoms with Crippen LogP contribution >= 0.6 is 47.2 Å². The summed E-state index contributed by atoms with van der Waals surface area (Å²) >= 11 is 17.9. The SMILES string of the molecule is COc1cc(C=C2SC(=S)N(C)C2=O)ccc1OC(=O)C1C(C=C(Cl)Cl)C1(C)C. The van der Waals surface area contributed by atoms with Gasteiger partial charge in [-0.1, -0.05) is 67.1 Å². The number of methoxy groups -OCH3 is 1. The second kappa shape index (κ2) is 8.30. The number of thioether (sulfide) groups is 1. The molecule has 1 saturated carbocycles. The quantitative estimate of drug-likeness (QED) is 0.260. The lowest BCUT2D eigenvalue weighted by atomic mass is 10.1. The predicted octanol–water partition coefficient (Wildman–Crippen LogP) is 5.02. The van der Waals surface area contributed by atoms with Crippen LogP contribution in [0.15, 0.2) is 33.7 Å². The van der Waals surface area contributed by atoms with Gasteiger partial charge in [-0.2, -0.15) is 0 Å². The van der Waals surface area contributed by atoms with Crippen molar-refractivity contribution in [3.63, 3.8) is 0 Å². The molecule has 1 amide bonds. The molecule has 154 valence electrons. The third-order valence-electron chi connectivity index (χ3n) is 5.15. The zero-order chi connectivity index (χ0) is 21.5. The van der Waals surface area contributed by atoms with Crippen LogP contribution in [0.3, 0.4) is 0 Å². The van der Waals surface area contributed by atoms with Crippen LogP contribution in [-0.2, 0) is 9.59 Å². The number of ether oxygens (including phenoxy) is 2. The van der Waals surface area contributed by atoms with Crippen LogP contribution in [0.4, 0.5) is 0 Å². The van der Waals surface area contributed by atoms with Crippen molar-refractivity contribution in [1.29, 1.82) is 0 Å². The molecule has 0 N–H and O–H groups in total. The van der Waals surface area contributed by atoms with Crippen molar-refractivity contribution in [2.45, 2.75) is 13.8 Å². The summed E-state index contributed by atoms with van der Waals surface area (Å²) in [5, 5.41) is 0. The van der Waals surface area contributed by atoms with E-state index in [1.165, 1.54) is 23.8 Å². The maximum absolute atomic E-state index is 12.7. The normalized spacial score (nSPS) is 23.9. The number of carbonyl (C=O) groups excluding carboxylic acids is 2. The van der Waals surface area contributed by atoms with Crippen LogP contribution in [0.1, 0.15) is 19.4 Å². The van der Waals surface area contributed by atoms with E-state index in [0.29, 0.717) is 20.7 Å². The van der Waals surface area contributed by atoms with Crippen LogP contribution in [0.2, 0.25) is 0 Å². The van der Waals surface area contributed by atoms with Gasteiger partial charge in [0.1, 0.15) is 8.81 Å². The molecule has 2 aliphatic rings. The first kappa shape index (κ1) is 22.2. The molecule has 1 aliphatic carbocycles. The van der Waals surface area contributed by atoms with E-state index in [2.05, 4.69) is 0 Å². The van der Waals surface area contributed by atoms with Gasteiger partial charge in [0.15, 0.2) is 11.5 Å². The number of thiocarbonyl (C=S) groups is 1. The van der Waals surface area contributed by atoms with Crippen molar-refractivity contribution in [2.24, 2.45) is 17.3 Å². The maximum atomic E-state index is 12.7. The second-order valence-electron chi connectivity index (χ2n) is 7.35. The molecule has 0 radical (unpaired) electrons. The number of rotatable bonds is 5. The van der Waals surface area contributed by atoms with Gasteiger partial charge in [0.25, 0.3) is 5.91 Å². The highest BCUT2D eigenvalue weighted by Crippen LogP contribution is 2.60. The zero-order valence-corrected chi connectivity index (χ0v) is 19.3. The van der Waals surface area contributed by atoms with Gasteiger partial charge in [-0.25, -0.2) is 0 Å². The number of carbonyl (C=O) groups is 2. The average molecular weight is 472 g/mol. The number of esters is 1. The fraction of sp³-hybridized carbons (Fsp3) is 0.350. The summed E-state index contributed by atoms with van der Waals surface area (Å²) in [6, 6.07) is 5.10. The van der Waals surface area contributed by atoms with E-state index >= 15 is 0 Å². The summed E-state index contributed by atoms with van der Waals surface area (Å²) in [5.41, 5.74) is 0.450. The average Bonchev–Trinajstić information content (AvgIpc) is 3.10. The Balaban J connectivity index is 1.78. The van der Waals surface area contributed by atoms with Gasteiger partial charge in [-0.05, 0) is 41.2 Å². The molecule has 9 heteroatoms. The Morgan fingerprint density at radius 3 is 2.55 bits per heavy atom. The Morgan fingerprint density at radius 2 is 2.00 bits per heavy atom. The number of amides is 1. The molecule has 0 spiro atoms. The van der Waals surface area contributed by atoms with Crippen molar-refractivity contribution in [3.05, 3.63) is 39.2 Å². The number of benzene rings is 1. The fourth-order valence-corrected chi connectivity index (χ4v) is 4.75. The number of hydrogen-bond acceptors (Lipinski definition) is 6. The highest BCUT2D eigenvalue weighted by molar-refractivity contribution is 8.26. The minimum absolute atomic E-state index is 0.0822. The predicted molar refractivity (Wildman–Crippen MR) is 120 cm³/mol. The van der Waals surface area contributed by atoms with Crippen LogP contribution < -0.4 is 9.47 Å². The lowest BCUT2D eigenvalue weighted by Crippen LogP contribution is -2.22. The summed E-state index contributed by atoms with van der Waals surface area (Å²) < 4.78 is 11.6. The van der Waals surface area contributed by atoms with Gasteiger partial charge in [-0.15, -0.1) is 0 Å². The zero-order valence-electron chi connectivity index (χ0n) is 16.2. The summed E-state index contributed by atoms with van der Waals surface area (Å²) in [5.74, 6) is -0.252. The third-order valence-corrected chi connectivity index (χ3v) is 6.89. The monoisotopic (exact) mass is 471 g/mol. The van der Waals surface area contributed by atoms with Crippen molar-refractivity contribution in [2.75, 3.05) is 14.2 Å². The molecule has 3 rings (SSSR count).